The molecular formula is C22H26ClFN2O. The van der Waals surface area contributed by atoms with Crippen LogP contribution in [0.1, 0.15) is 35.1 Å². The maximum absolute atomic E-state index is 14.1. The van der Waals surface area contributed by atoms with E-state index in [4.69, 9.17) is 11.6 Å². The fraction of sp³-hybridized carbons (Fsp3) is 0.409. The lowest BCUT2D eigenvalue weighted by atomic mass is 9.96. The molecule has 0 radical (unpaired) electrons. The van der Waals surface area contributed by atoms with Crippen molar-refractivity contribution in [1.29, 1.82) is 0 Å². The minimum absolute atomic E-state index is 0.0365. The van der Waals surface area contributed by atoms with Gasteiger partial charge in [0.1, 0.15) is 5.82 Å². The number of piperidine rings is 1. The summed E-state index contributed by atoms with van der Waals surface area (Å²) < 4.78 is 14.1. The molecule has 1 N–H and O–H groups in total. The normalized spacial score (nSPS) is 17.7. The Hall–Kier alpha value is -1.91. The van der Waals surface area contributed by atoms with Gasteiger partial charge in [-0.25, -0.2) is 4.39 Å². The van der Waals surface area contributed by atoms with E-state index < -0.39 is 0 Å². The average Bonchev–Trinajstić information content (AvgIpc) is 2.61. The number of nitrogens with one attached hydrogen (secondary N) is 1. The van der Waals surface area contributed by atoms with Gasteiger partial charge in [-0.15, -0.1) is 0 Å². The first-order valence-electron chi connectivity index (χ1n) is 9.39. The molecule has 0 saturated carbocycles. The number of carbonyl (C=O) groups is 1. The van der Waals surface area contributed by atoms with E-state index in [9.17, 15) is 9.18 Å². The van der Waals surface area contributed by atoms with Crippen molar-refractivity contribution in [1.82, 2.24) is 4.90 Å². The summed E-state index contributed by atoms with van der Waals surface area (Å²) in [6.45, 7) is 7.97. The first-order chi connectivity index (χ1) is 12.8. The quantitative estimate of drug-likeness (QED) is 0.775. The number of likely N-dealkylation sites (tertiary alicyclic amines) is 1. The fourth-order valence-electron chi connectivity index (χ4n) is 3.92. The van der Waals surface area contributed by atoms with Crippen LogP contribution >= 0.6 is 11.6 Å². The highest BCUT2D eigenvalue weighted by Crippen LogP contribution is 2.27. The zero-order valence-electron chi connectivity index (χ0n) is 16.1. The topological polar surface area (TPSA) is 32.3 Å². The molecule has 3 rings (SSSR count). The Morgan fingerprint density at radius 3 is 2.63 bits per heavy atom. The van der Waals surface area contributed by atoms with Gasteiger partial charge in [0.05, 0.1) is 5.92 Å². The largest absolute Gasteiger partial charge is 0.325 e. The number of aryl methyl sites for hydroxylation is 3. The lowest BCUT2D eigenvalue weighted by molar-refractivity contribution is -0.121. The van der Waals surface area contributed by atoms with Crippen molar-refractivity contribution in [3.8, 4) is 0 Å². The van der Waals surface area contributed by atoms with Crippen LogP contribution in [-0.4, -0.2) is 23.9 Å². The molecule has 0 spiro atoms. The van der Waals surface area contributed by atoms with Crippen molar-refractivity contribution in [3.05, 3.63) is 63.4 Å². The average molecular weight is 389 g/mol. The first kappa shape index (κ1) is 19.8. The van der Waals surface area contributed by atoms with Gasteiger partial charge in [0.25, 0.3) is 0 Å². The summed E-state index contributed by atoms with van der Waals surface area (Å²) >= 11 is 6.16. The van der Waals surface area contributed by atoms with Crippen molar-refractivity contribution in [2.75, 3.05) is 18.4 Å². The molecule has 1 aliphatic rings. The molecule has 1 fully saturated rings. The van der Waals surface area contributed by atoms with Crippen molar-refractivity contribution in [2.24, 2.45) is 5.92 Å². The fourth-order valence-corrected chi connectivity index (χ4v) is 4.15. The second kappa shape index (κ2) is 8.41. The Bertz CT molecular complexity index is 809. The Kier molecular flexibility index (Phi) is 6.18. The molecule has 1 amide bonds. The van der Waals surface area contributed by atoms with E-state index in [0.717, 1.165) is 36.2 Å². The summed E-state index contributed by atoms with van der Waals surface area (Å²) in [5, 5.41) is 3.55. The van der Waals surface area contributed by atoms with E-state index in [1.54, 1.807) is 12.1 Å². The van der Waals surface area contributed by atoms with Gasteiger partial charge in [0.15, 0.2) is 0 Å². The molecule has 5 heteroatoms. The van der Waals surface area contributed by atoms with Crippen molar-refractivity contribution in [2.45, 2.75) is 40.2 Å². The van der Waals surface area contributed by atoms with Crippen LogP contribution in [0.4, 0.5) is 10.1 Å². The molecule has 1 atom stereocenters. The highest BCUT2D eigenvalue weighted by molar-refractivity contribution is 6.31. The van der Waals surface area contributed by atoms with Crippen molar-refractivity contribution < 1.29 is 9.18 Å². The van der Waals surface area contributed by atoms with Gasteiger partial charge in [-0.3, -0.25) is 9.69 Å². The third-order valence-electron chi connectivity index (χ3n) is 5.24. The summed E-state index contributed by atoms with van der Waals surface area (Å²) in [6.07, 6.45) is 1.76. The van der Waals surface area contributed by atoms with Crippen LogP contribution in [0.2, 0.25) is 5.02 Å². The third-order valence-corrected chi connectivity index (χ3v) is 5.60. The molecule has 0 aromatic heterocycles. The van der Waals surface area contributed by atoms with E-state index in [1.807, 2.05) is 13.8 Å². The smallest absolute Gasteiger partial charge is 0.228 e. The predicted octanol–water partition coefficient (Wildman–Crippen LogP) is 5.26. The maximum atomic E-state index is 14.1. The van der Waals surface area contributed by atoms with E-state index in [-0.39, 0.29) is 17.6 Å². The van der Waals surface area contributed by atoms with Crippen LogP contribution in [-0.2, 0) is 11.3 Å². The molecule has 1 aliphatic heterocycles. The number of hydrogen-bond donors (Lipinski definition) is 1. The molecule has 1 saturated heterocycles. The number of nitrogens with zero attached hydrogens (tertiary/aromatic N) is 1. The number of benzene rings is 2. The van der Waals surface area contributed by atoms with E-state index in [2.05, 4.69) is 29.3 Å². The van der Waals surface area contributed by atoms with Crippen molar-refractivity contribution in [3.63, 3.8) is 0 Å². The minimum atomic E-state index is -0.292. The highest BCUT2D eigenvalue weighted by atomic mass is 35.5. The standard InChI is InChI=1S/C22H26ClFN2O/c1-14-10-15(2)21(16(3)11-14)25-22(27)17-6-5-9-26(12-17)13-18-19(23)7-4-8-20(18)24/h4,7-8,10-11,17H,5-6,9,12-13H2,1-3H3,(H,25,27). The summed E-state index contributed by atoms with van der Waals surface area (Å²) in [7, 11) is 0. The first-order valence-corrected chi connectivity index (χ1v) is 9.77. The number of amides is 1. The second-order valence-electron chi connectivity index (χ2n) is 7.54. The maximum Gasteiger partial charge on any atom is 0.228 e. The van der Waals surface area contributed by atoms with E-state index >= 15 is 0 Å². The Morgan fingerprint density at radius 1 is 1.26 bits per heavy atom. The van der Waals surface area contributed by atoms with Gasteiger partial charge < -0.3 is 5.32 Å². The number of halogens is 2. The number of anilines is 1. The van der Waals surface area contributed by atoms with Gasteiger partial charge in [0.2, 0.25) is 5.91 Å². The van der Waals surface area contributed by atoms with Crippen molar-refractivity contribution >= 4 is 23.2 Å². The van der Waals surface area contributed by atoms with E-state index in [0.29, 0.717) is 23.7 Å². The molecule has 1 unspecified atom stereocenters. The Balaban J connectivity index is 1.68. The molecule has 27 heavy (non-hydrogen) atoms. The van der Waals surface area contributed by atoms with Crippen LogP contribution in [0.3, 0.4) is 0 Å². The van der Waals surface area contributed by atoms with Gasteiger partial charge in [-0.2, -0.15) is 0 Å². The zero-order valence-corrected chi connectivity index (χ0v) is 16.9. The molecule has 3 nitrogen and oxygen atoms in total. The van der Waals surface area contributed by atoms with E-state index in [1.165, 1.54) is 11.6 Å². The summed E-state index contributed by atoms with van der Waals surface area (Å²) in [4.78, 5) is 15.0. The van der Waals surface area contributed by atoms with Gasteiger partial charge >= 0.3 is 0 Å². The van der Waals surface area contributed by atoms with Crippen LogP contribution in [0.15, 0.2) is 30.3 Å². The zero-order chi connectivity index (χ0) is 19.6. The lowest BCUT2D eigenvalue weighted by Gasteiger charge is -2.32. The summed E-state index contributed by atoms with van der Waals surface area (Å²) in [6, 6.07) is 8.90. The van der Waals surface area contributed by atoms with Gasteiger partial charge in [-0.1, -0.05) is 35.4 Å². The van der Waals surface area contributed by atoms with Crippen LogP contribution in [0.25, 0.3) is 0 Å². The predicted molar refractivity (Wildman–Crippen MR) is 109 cm³/mol. The molecule has 2 aromatic rings. The highest BCUT2D eigenvalue weighted by Gasteiger charge is 2.27. The van der Waals surface area contributed by atoms with Crippen LogP contribution in [0.5, 0.6) is 0 Å². The SMILES string of the molecule is Cc1cc(C)c(NC(=O)C2CCCN(Cc3c(F)cccc3Cl)C2)c(C)c1. The summed E-state index contributed by atoms with van der Waals surface area (Å²) in [5.41, 5.74) is 4.75. The molecule has 144 valence electrons. The van der Waals surface area contributed by atoms with Crippen LogP contribution < -0.4 is 5.32 Å². The number of rotatable bonds is 4. The second-order valence-corrected chi connectivity index (χ2v) is 7.94. The molecule has 2 aromatic carbocycles. The minimum Gasteiger partial charge on any atom is -0.325 e. The summed E-state index contributed by atoms with van der Waals surface area (Å²) in [5.74, 6) is -0.362. The Labute approximate surface area is 165 Å². The monoisotopic (exact) mass is 388 g/mol. The number of carbonyl (C=O) groups excluding carboxylic acids is 1. The molecule has 0 bridgehead atoms. The third kappa shape index (κ3) is 4.69. The van der Waals surface area contributed by atoms with Gasteiger partial charge in [-0.05, 0) is 63.4 Å². The van der Waals surface area contributed by atoms with Crippen LogP contribution in [0, 0.1) is 32.5 Å². The number of hydrogen-bond acceptors (Lipinski definition) is 2. The molecular weight excluding hydrogens is 363 g/mol. The molecule has 0 aliphatic carbocycles. The molecule has 1 heterocycles. The lowest BCUT2D eigenvalue weighted by Crippen LogP contribution is -2.40. The Morgan fingerprint density at radius 2 is 1.96 bits per heavy atom. The van der Waals surface area contributed by atoms with Gasteiger partial charge in [0, 0.05) is 29.4 Å².